The molecule has 1 aromatic carbocycles. The number of piperazine rings is 1. The summed E-state index contributed by atoms with van der Waals surface area (Å²) >= 11 is 0. The summed E-state index contributed by atoms with van der Waals surface area (Å²) in [6.07, 6.45) is 3.52. The van der Waals surface area contributed by atoms with Crippen molar-refractivity contribution in [3.63, 3.8) is 0 Å². The van der Waals surface area contributed by atoms with Crippen LogP contribution in [-0.4, -0.2) is 63.6 Å². The first-order valence-corrected chi connectivity index (χ1v) is 12.3. The number of nitrogens with zero attached hydrogens (tertiary/aromatic N) is 4. The zero-order valence-corrected chi connectivity index (χ0v) is 20.2. The molecule has 0 saturated carbocycles. The number of aliphatic hydroxyl groups excluding tert-OH is 1. The maximum Gasteiger partial charge on any atom is 0.231 e. The quantitative estimate of drug-likeness (QED) is 0.719. The average Bonchev–Trinajstić information content (AvgIpc) is 3.32. The summed E-state index contributed by atoms with van der Waals surface area (Å²) in [6.45, 7) is 8.89. The number of hydrogen-bond donors (Lipinski definition) is 2. The number of nitrogens with one attached hydrogen (secondary N) is 1. The van der Waals surface area contributed by atoms with Crippen molar-refractivity contribution < 1.29 is 14.3 Å². The predicted molar refractivity (Wildman–Crippen MR) is 128 cm³/mol. The third kappa shape index (κ3) is 4.29. The number of rotatable bonds is 4. The molecule has 1 amide bonds. The Balaban J connectivity index is 1.34. The number of fused-ring (bicyclic) bond motifs is 1. The fourth-order valence-electron chi connectivity index (χ4n) is 5.95. The lowest BCUT2D eigenvalue weighted by Crippen LogP contribution is -2.53. The van der Waals surface area contributed by atoms with E-state index in [-0.39, 0.29) is 29.2 Å². The van der Waals surface area contributed by atoms with E-state index in [9.17, 15) is 14.3 Å². The van der Waals surface area contributed by atoms with Crippen LogP contribution in [0, 0.1) is 5.82 Å². The van der Waals surface area contributed by atoms with Crippen LogP contribution in [0.25, 0.3) is 0 Å². The summed E-state index contributed by atoms with van der Waals surface area (Å²) < 4.78 is 14.1. The van der Waals surface area contributed by atoms with Crippen LogP contribution in [-0.2, 0) is 4.79 Å². The largest absolute Gasteiger partial charge is 0.387 e. The molecule has 3 aliphatic rings. The molecule has 2 N–H and O–H groups in total. The van der Waals surface area contributed by atoms with E-state index in [1.807, 2.05) is 11.0 Å². The highest BCUT2D eigenvalue weighted by Crippen LogP contribution is 2.43. The third-order valence-corrected chi connectivity index (χ3v) is 7.70. The summed E-state index contributed by atoms with van der Waals surface area (Å²) in [5.74, 6) is 0.406. The number of hydrogen-bond acceptors (Lipinski definition) is 6. The monoisotopic (exact) mass is 467 g/mol. The van der Waals surface area contributed by atoms with Crippen LogP contribution in [0.5, 0.6) is 0 Å². The molecule has 34 heavy (non-hydrogen) atoms. The summed E-state index contributed by atoms with van der Waals surface area (Å²) in [7, 11) is 0. The van der Waals surface area contributed by atoms with Crippen molar-refractivity contribution in [3.05, 3.63) is 53.2 Å². The molecule has 3 heterocycles. The maximum absolute atomic E-state index is 14.1. The molecule has 1 aliphatic carbocycles. The minimum Gasteiger partial charge on any atom is -0.387 e. The second kappa shape index (κ2) is 8.89. The summed E-state index contributed by atoms with van der Waals surface area (Å²) in [4.78, 5) is 26.8. The molecule has 5 rings (SSSR count). The van der Waals surface area contributed by atoms with E-state index < -0.39 is 12.0 Å². The van der Waals surface area contributed by atoms with Gasteiger partial charge in [-0.3, -0.25) is 4.79 Å². The van der Waals surface area contributed by atoms with Crippen LogP contribution in [0.4, 0.5) is 10.2 Å². The van der Waals surface area contributed by atoms with Gasteiger partial charge in [-0.25, -0.2) is 14.4 Å². The molecular weight excluding hydrogens is 433 g/mol. The highest BCUT2D eigenvalue weighted by atomic mass is 19.1. The first-order valence-electron chi connectivity index (χ1n) is 12.3. The standard InChI is InChI=1S/C26H34FN5O2/c1-16-13-20(33)23-21(16)24(29-15-28-23)31-9-11-32(12-10-31)25(34)22(17-5-4-6-18(27)14-17)19-7-8-26(2,3)30-19/h4-6,14-16,19-20,22,30,33H,7-13H2,1-3H3/t16-,19+,20-,22+/m1/s1. The minimum absolute atomic E-state index is 0.0187. The van der Waals surface area contributed by atoms with Gasteiger partial charge in [0.1, 0.15) is 18.0 Å². The Morgan fingerprint density at radius 3 is 2.68 bits per heavy atom. The number of anilines is 1. The van der Waals surface area contributed by atoms with Crippen molar-refractivity contribution in [2.75, 3.05) is 31.1 Å². The normalized spacial score (nSPS) is 27.0. The fraction of sp³-hybridized carbons (Fsp3) is 0.577. The van der Waals surface area contributed by atoms with Gasteiger partial charge in [0.15, 0.2) is 0 Å². The molecule has 0 radical (unpaired) electrons. The molecule has 2 aliphatic heterocycles. The van der Waals surface area contributed by atoms with E-state index in [0.717, 1.165) is 35.5 Å². The zero-order chi connectivity index (χ0) is 24.0. The Bertz CT molecular complexity index is 1070. The van der Waals surface area contributed by atoms with E-state index >= 15 is 0 Å². The van der Waals surface area contributed by atoms with Crippen LogP contribution in [0.15, 0.2) is 30.6 Å². The Morgan fingerprint density at radius 1 is 1.24 bits per heavy atom. The molecular formula is C26H34FN5O2. The zero-order valence-electron chi connectivity index (χ0n) is 20.2. The molecule has 0 unspecified atom stereocenters. The molecule has 1 aromatic heterocycles. The highest BCUT2D eigenvalue weighted by molar-refractivity contribution is 5.85. The van der Waals surface area contributed by atoms with E-state index in [4.69, 9.17) is 0 Å². The van der Waals surface area contributed by atoms with E-state index in [2.05, 4.69) is 41.0 Å². The molecule has 2 aromatic rings. The van der Waals surface area contributed by atoms with Gasteiger partial charge in [-0.1, -0.05) is 19.1 Å². The van der Waals surface area contributed by atoms with Gasteiger partial charge in [-0.05, 0) is 56.7 Å². The van der Waals surface area contributed by atoms with Crippen molar-refractivity contribution in [1.82, 2.24) is 20.2 Å². The van der Waals surface area contributed by atoms with Crippen molar-refractivity contribution in [1.29, 1.82) is 0 Å². The topological polar surface area (TPSA) is 81.6 Å². The van der Waals surface area contributed by atoms with Crippen molar-refractivity contribution >= 4 is 11.7 Å². The van der Waals surface area contributed by atoms with Crippen LogP contribution in [0.3, 0.4) is 0 Å². The second-order valence-corrected chi connectivity index (χ2v) is 10.7. The summed E-state index contributed by atoms with van der Waals surface area (Å²) in [5.41, 5.74) is 2.46. The van der Waals surface area contributed by atoms with Crippen LogP contribution >= 0.6 is 0 Å². The molecule has 2 saturated heterocycles. The summed E-state index contributed by atoms with van der Waals surface area (Å²) in [5, 5.41) is 13.9. The Hall–Kier alpha value is -2.58. The predicted octanol–water partition coefficient (Wildman–Crippen LogP) is 3.12. The number of benzene rings is 1. The first-order chi connectivity index (χ1) is 16.2. The number of aliphatic hydroxyl groups is 1. The number of carbonyl (C=O) groups excluding carboxylic acids is 1. The molecule has 0 spiro atoms. The highest BCUT2D eigenvalue weighted by Gasteiger charge is 2.41. The number of amides is 1. The van der Waals surface area contributed by atoms with Gasteiger partial charge in [0, 0.05) is 43.3 Å². The lowest BCUT2D eigenvalue weighted by Gasteiger charge is -2.39. The van der Waals surface area contributed by atoms with Crippen LogP contribution < -0.4 is 10.2 Å². The maximum atomic E-state index is 14.1. The minimum atomic E-state index is -0.537. The molecule has 7 nitrogen and oxygen atoms in total. The van der Waals surface area contributed by atoms with Crippen molar-refractivity contribution in [2.24, 2.45) is 0 Å². The fourth-order valence-corrected chi connectivity index (χ4v) is 5.95. The second-order valence-electron chi connectivity index (χ2n) is 10.7. The van der Waals surface area contributed by atoms with Gasteiger partial charge in [0.25, 0.3) is 0 Å². The molecule has 8 heteroatoms. The molecule has 4 atom stereocenters. The SMILES string of the molecule is C[C@@H]1C[C@@H](O)c2ncnc(N3CCN(C(=O)[C@@H](c4cccc(F)c4)[C@@H]4CCC(C)(C)N4)CC3)c21. The van der Waals surface area contributed by atoms with Crippen molar-refractivity contribution in [3.8, 4) is 0 Å². The lowest BCUT2D eigenvalue weighted by atomic mass is 9.88. The van der Waals surface area contributed by atoms with Gasteiger partial charge in [-0.15, -0.1) is 0 Å². The number of halogens is 1. The third-order valence-electron chi connectivity index (χ3n) is 7.70. The number of carbonyl (C=O) groups is 1. The van der Waals surface area contributed by atoms with E-state index in [0.29, 0.717) is 32.6 Å². The van der Waals surface area contributed by atoms with Gasteiger partial charge in [0.05, 0.1) is 17.7 Å². The Kier molecular flexibility index (Phi) is 6.06. The molecule has 2 fully saturated rings. The Labute approximate surface area is 200 Å². The molecule has 182 valence electrons. The van der Waals surface area contributed by atoms with E-state index in [1.165, 1.54) is 18.5 Å². The van der Waals surface area contributed by atoms with Gasteiger partial charge in [-0.2, -0.15) is 0 Å². The average molecular weight is 468 g/mol. The van der Waals surface area contributed by atoms with Crippen molar-refractivity contribution in [2.45, 2.75) is 69.6 Å². The van der Waals surface area contributed by atoms with E-state index in [1.54, 1.807) is 6.07 Å². The van der Waals surface area contributed by atoms with Gasteiger partial charge in [0.2, 0.25) is 5.91 Å². The number of aromatic nitrogens is 2. The Morgan fingerprint density at radius 2 is 2.00 bits per heavy atom. The van der Waals surface area contributed by atoms with Gasteiger partial charge < -0.3 is 20.2 Å². The lowest BCUT2D eigenvalue weighted by molar-refractivity contribution is -0.133. The van der Waals surface area contributed by atoms with Gasteiger partial charge >= 0.3 is 0 Å². The molecule has 0 bridgehead atoms. The smallest absolute Gasteiger partial charge is 0.231 e. The first kappa shape index (κ1) is 23.2. The van der Waals surface area contributed by atoms with Crippen LogP contribution in [0.2, 0.25) is 0 Å². The summed E-state index contributed by atoms with van der Waals surface area (Å²) in [6, 6.07) is 6.46. The van der Waals surface area contributed by atoms with Crippen LogP contribution in [0.1, 0.15) is 74.8 Å².